The van der Waals surface area contributed by atoms with Gasteiger partial charge in [0, 0.05) is 25.4 Å². The van der Waals surface area contributed by atoms with Gasteiger partial charge in [-0.25, -0.2) is 0 Å². The molecule has 0 bridgehead atoms. The molecule has 0 fully saturated rings. The summed E-state index contributed by atoms with van der Waals surface area (Å²) < 4.78 is 5.41. The summed E-state index contributed by atoms with van der Waals surface area (Å²) in [6.07, 6.45) is 0. The van der Waals surface area contributed by atoms with Crippen LogP contribution in [0.15, 0.2) is 11.2 Å². The number of hydrogen-bond donors (Lipinski definition) is 2. The van der Waals surface area contributed by atoms with E-state index in [1.807, 2.05) is 26.8 Å². The normalized spacial score (nSPS) is 11.7. The Morgan fingerprint density at radius 2 is 2.15 bits per heavy atom. The van der Waals surface area contributed by atoms with Crippen LogP contribution in [0.3, 0.4) is 0 Å². The minimum atomic E-state index is 0.0832. The number of anilines is 1. The largest absolute Gasteiger partial charge is 0.409 e. The highest BCUT2D eigenvalue weighted by Crippen LogP contribution is 2.23. The Hall–Kier alpha value is -1.82. The molecule has 112 valence electrons. The van der Waals surface area contributed by atoms with E-state index in [9.17, 15) is 0 Å². The summed E-state index contributed by atoms with van der Waals surface area (Å²) in [6, 6.07) is 1.95. The third kappa shape index (κ3) is 3.84. The number of aromatic nitrogens is 1. The molecular formula is C14H24N4O2. The molecule has 0 saturated carbocycles. The van der Waals surface area contributed by atoms with Crippen LogP contribution in [0.5, 0.6) is 0 Å². The van der Waals surface area contributed by atoms with Crippen LogP contribution in [0.2, 0.25) is 0 Å². The van der Waals surface area contributed by atoms with Crippen molar-refractivity contribution in [3.8, 4) is 0 Å². The Labute approximate surface area is 120 Å². The summed E-state index contributed by atoms with van der Waals surface area (Å²) in [5.74, 6) is 0.0832. The SMILES string of the molecule is CCOCCN(CC)c1cc(C)nc(C)c1/C(N)=N/O. The summed E-state index contributed by atoms with van der Waals surface area (Å²) >= 11 is 0. The number of oxime groups is 1. The highest BCUT2D eigenvalue weighted by molar-refractivity contribution is 6.03. The van der Waals surface area contributed by atoms with E-state index in [2.05, 4.69) is 22.0 Å². The van der Waals surface area contributed by atoms with Gasteiger partial charge in [-0.2, -0.15) is 0 Å². The Bertz CT molecular complexity index is 474. The first-order chi connectivity index (χ1) is 9.54. The van der Waals surface area contributed by atoms with E-state index in [0.717, 1.165) is 30.2 Å². The van der Waals surface area contributed by atoms with Crippen molar-refractivity contribution in [3.05, 3.63) is 23.0 Å². The first-order valence-electron chi connectivity index (χ1n) is 6.83. The highest BCUT2D eigenvalue weighted by Gasteiger charge is 2.17. The third-order valence-corrected chi connectivity index (χ3v) is 3.10. The van der Waals surface area contributed by atoms with E-state index in [-0.39, 0.29) is 5.84 Å². The Morgan fingerprint density at radius 1 is 1.45 bits per heavy atom. The third-order valence-electron chi connectivity index (χ3n) is 3.10. The van der Waals surface area contributed by atoms with E-state index < -0.39 is 0 Å². The molecule has 0 aromatic carbocycles. The second-order valence-electron chi connectivity index (χ2n) is 4.51. The van der Waals surface area contributed by atoms with Gasteiger partial charge in [0.05, 0.1) is 23.6 Å². The molecule has 0 unspecified atom stereocenters. The van der Waals surface area contributed by atoms with Crippen LogP contribution in [-0.4, -0.2) is 42.3 Å². The van der Waals surface area contributed by atoms with E-state index in [1.54, 1.807) is 0 Å². The molecule has 0 spiro atoms. The van der Waals surface area contributed by atoms with Crippen LogP contribution in [0.1, 0.15) is 30.8 Å². The van der Waals surface area contributed by atoms with Gasteiger partial charge in [0.2, 0.25) is 0 Å². The van der Waals surface area contributed by atoms with Gasteiger partial charge in [0.1, 0.15) is 0 Å². The molecule has 0 aliphatic carbocycles. The van der Waals surface area contributed by atoms with Crippen LogP contribution >= 0.6 is 0 Å². The maximum absolute atomic E-state index is 8.97. The smallest absolute Gasteiger partial charge is 0.174 e. The zero-order valence-electron chi connectivity index (χ0n) is 12.7. The van der Waals surface area contributed by atoms with Crippen molar-refractivity contribution in [1.29, 1.82) is 0 Å². The van der Waals surface area contributed by atoms with Gasteiger partial charge in [-0.1, -0.05) is 5.16 Å². The predicted octanol–water partition coefficient (Wildman–Crippen LogP) is 1.66. The zero-order chi connectivity index (χ0) is 15.1. The number of amidine groups is 1. The van der Waals surface area contributed by atoms with Crippen molar-refractivity contribution in [2.45, 2.75) is 27.7 Å². The molecule has 6 nitrogen and oxygen atoms in total. The standard InChI is InChI=1S/C14H24N4O2/c1-5-18(7-8-20-6-2)12-9-10(3)16-11(4)13(12)14(15)17-19/h9,19H,5-8H2,1-4H3,(H2,15,17). The molecule has 0 atom stereocenters. The minimum Gasteiger partial charge on any atom is -0.409 e. The van der Waals surface area contributed by atoms with Crippen LogP contribution < -0.4 is 10.6 Å². The van der Waals surface area contributed by atoms with Crippen molar-refractivity contribution >= 4 is 11.5 Å². The number of nitrogens with zero attached hydrogens (tertiary/aromatic N) is 3. The first-order valence-corrected chi connectivity index (χ1v) is 6.83. The average molecular weight is 280 g/mol. The number of aryl methyl sites for hydroxylation is 2. The maximum atomic E-state index is 8.97. The molecule has 1 rings (SSSR count). The quantitative estimate of drug-likeness (QED) is 0.261. The molecule has 0 saturated heterocycles. The highest BCUT2D eigenvalue weighted by atomic mass is 16.5. The van der Waals surface area contributed by atoms with Gasteiger partial charge in [-0.05, 0) is 33.8 Å². The second kappa shape index (κ2) is 7.69. The summed E-state index contributed by atoms with van der Waals surface area (Å²) in [4.78, 5) is 6.53. The molecule has 0 radical (unpaired) electrons. The summed E-state index contributed by atoms with van der Waals surface area (Å²) in [5, 5.41) is 12.1. The van der Waals surface area contributed by atoms with Gasteiger partial charge >= 0.3 is 0 Å². The topological polar surface area (TPSA) is 84.0 Å². The molecule has 6 heteroatoms. The molecule has 1 aromatic rings. The zero-order valence-corrected chi connectivity index (χ0v) is 12.7. The molecule has 20 heavy (non-hydrogen) atoms. The molecular weight excluding hydrogens is 256 g/mol. The minimum absolute atomic E-state index is 0.0832. The van der Waals surface area contributed by atoms with Crippen LogP contribution in [0.25, 0.3) is 0 Å². The number of likely N-dealkylation sites (N-methyl/N-ethyl adjacent to an activating group) is 1. The van der Waals surface area contributed by atoms with E-state index in [1.165, 1.54) is 0 Å². The van der Waals surface area contributed by atoms with Crippen LogP contribution in [0.4, 0.5) is 5.69 Å². The Balaban J connectivity index is 3.18. The molecule has 0 amide bonds. The number of pyridine rings is 1. The van der Waals surface area contributed by atoms with E-state index in [0.29, 0.717) is 18.8 Å². The lowest BCUT2D eigenvalue weighted by Crippen LogP contribution is -2.31. The number of nitrogens with two attached hydrogens (primary N) is 1. The van der Waals surface area contributed by atoms with Gasteiger partial charge in [0.25, 0.3) is 0 Å². The number of ether oxygens (including phenoxy) is 1. The van der Waals surface area contributed by atoms with Gasteiger partial charge in [-0.3, -0.25) is 4.98 Å². The average Bonchev–Trinajstić information content (AvgIpc) is 2.42. The van der Waals surface area contributed by atoms with Crippen molar-refractivity contribution in [3.63, 3.8) is 0 Å². The van der Waals surface area contributed by atoms with Crippen molar-refractivity contribution in [2.24, 2.45) is 10.9 Å². The number of rotatable bonds is 7. The lowest BCUT2D eigenvalue weighted by Gasteiger charge is -2.26. The second-order valence-corrected chi connectivity index (χ2v) is 4.51. The first kappa shape index (κ1) is 16.2. The predicted molar refractivity (Wildman–Crippen MR) is 80.6 cm³/mol. The van der Waals surface area contributed by atoms with E-state index >= 15 is 0 Å². The molecule has 3 N–H and O–H groups in total. The van der Waals surface area contributed by atoms with Crippen molar-refractivity contribution in [1.82, 2.24) is 4.98 Å². The molecule has 1 heterocycles. The monoisotopic (exact) mass is 280 g/mol. The lowest BCUT2D eigenvalue weighted by molar-refractivity contribution is 0.154. The van der Waals surface area contributed by atoms with Crippen LogP contribution in [0, 0.1) is 13.8 Å². The molecule has 0 aliphatic heterocycles. The van der Waals surface area contributed by atoms with Gasteiger partial charge in [-0.15, -0.1) is 0 Å². The van der Waals surface area contributed by atoms with E-state index in [4.69, 9.17) is 15.7 Å². The van der Waals surface area contributed by atoms with Crippen molar-refractivity contribution in [2.75, 3.05) is 31.2 Å². The van der Waals surface area contributed by atoms with Gasteiger partial charge in [0.15, 0.2) is 5.84 Å². The Kier molecular flexibility index (Phi) is 6.24. The fourth-order valence-corrected chi connectivity index (χ4v) is 2.19. The Morgan fingerprint density at radius 3 is 2.70 bits per heavy atom. The molecule has 0 aliphatic rings. The maximum Gasteiger partial charge on any atom is 0.174 e. The summed E-state index contributed by atoms with van der Waals surface area (Å²) in [6.45, 7) is 10.7. The lowest BCUT2D eigenvalue weighted by atomic mass is 10.1. The summed E-state index contributed by atoms with van der Waals surface area (Å²) in [7, 11) is 0. The summed E-state index contributed by atoms with van der Waals surface area (Å²) in [5.41, 5.74) is 9.06. The van der Waals surface area contributed by atoms with Gasteiger partial charge < -0.3 is 20.6 Å². The fraction of sp³-hybridized carbons (Fsp3) is 0.571. The number of hydrogen-bond acceptors (Lipinski definition) is 5. The fourth-order valence-electron chi connectivity index (χ4n) is 2.19. The van der Waals surface area contributed by atoms with Crippen LogP contribution in [-0.2, 0) is 4.74 Å². The molecule has 1 aromatic heterocycles. The van der Waals surface area contributed by atoms with Crippen molar-refractivity contribution < 1.29 is 9.94 Å².